The van der Waals surface area contributed by atoms with E-state index in [1.165, 1.54) is 6.20 Å². The molecule has 9 heteroatoms. The van der Waals surface area contributed by atoms with E-state index in [1.807, 2.05) is 30.3 Å². The summed E-state index contributed by atoms with van der Waals surface area (Å²) in [5.41, 5.74) is 3.77. The van der Waals surface area contributed by atoms with Gasteiger partial charge in [0.1, 0.15) is 12.4 Å². The molecule has 0 fully saturated rings. The van der Waals surface area contributed by atoms with Crippen molar-refractivity contribution in [2.75, 3.05) is 5.43 Å². The normalized spacial score (nSPS) is 10.8. The first-order valence-electron chi connectivity index (χ1n) is 7.48. The maximum Gasteiger partial charge on any atom is 0.363 e. The van der Waals surface area contributed by atoms with Gasteiger partial charge in [0.25, 0.3) is 0 Å². The van der Waals surface area contributed by atoms with Crippen LogP contribution in [0, 0.1) is 0 Å². The number of ether oxygens (including phenoxy) is 1. The third kappa shape index (κ3) is 5.05. The maximum absolute atomic E-state index is 11.0. The highest BCUT2D eigenvalue weighted by Crippen LogP contribution is 2.22. The van der Waals surface area contributed by atoms with Gasteiger partial charge in [-0.25, -0.2) is 9.89 Å². The van der Waals surface area contributed by atoms with Gasteiger partial charge < -0.3 is 4.74 Å². The van der Waals surface area contributed by atoms with Crippen molar-refractivity contribution < 1.29 is 4.74 Å². The van der Waals surface area contributed by atoms with Crippen LogP contribution in [0.1, 0.15) is 11.1 Å². The SMILES string of the molecule is O=c1nc(N/N=C/c2ccc(OCc3ccc(Cl)cc3Cl)cc2)cn[nH]1. The van der Waals surface area contributed by atoms with Crippen LogP contribution in [0.3, 0.4) is 0 Å². The van der Waals surface area contributed by atoms with Crippen LogP contribution in [-0.2, 0) is 6.61 Å². The Morgan fingerprint density at radius 3 is 2.73 bits per heavy atom. The summed E-state index contributed by atoms with van der Waals surface area (Å²) in [5, 5.41) is 10.9. The molecule has 0 spiro atoms. The predicted octanol–water partition coefficient (Wildman–Crippen LogP) is 3.50. The minimum absolute atomic E-state index is 0.254. The molecule has 0 aliphatic heterocycles. The van der Waals surface area contributed by atoms with E-state index in [9.17, 15) is 4.79 Å². The van der Waals surface area contributed by atoms with Gasteiger partial charge in [0, 0.05) is 15.6 Å². The molecule has 1 aromatic heterocycles. The lowest BCUT2D eigenvalue weighted by molar-refractivity contribution is 0.306. The second-order valence-electron chi connectivity index (χ2n) is 5.14. The van der Waals surface area contributed by atoms with Gasteiger partial charge in [-0.05, 0) is 42.0 Å². The van der Waals surface area contributed by atoms with Crippen LogP contribution in [0.25, 0.3) is 0 Å². The zero-order valence-electron chi connectivity index (χ0n) is 13.3. The van der Waals surface area contributed by atoms with Crippen molar-refractivity contribution >= 4 is 35.2 Å². The van der Waals surface area contributed by atoms with E-state index < -0.39 is 5.69 Å². The summed E-state index contributed by atoms with van der Waals surface area (Å²) >= 11 is 12.0. The summed E-state index contributed by atoms with van der Waals surface area (Å²) in [6.07, 6.45) is 2.94. The van der Waals surface area contributed by atoms with Gasteiger partial charge in [0.05, 0.1) is 12.4 Å². The fraction of sp³-hybridized carbons (Fsp3) is 0.0588. The molecule has 0 saturated heterocycles. The molecule has 3 rings (SSSR count). The maximum atomic E-state index is 11.0. The molecule has 0 amide bonds. The van der Waals surface area contributed by atoms with Gasteiger partial charge >= 0.3 is 5.69 Å². The summed E-state index contributed by atoms with van der Waals surface area (Å²) in [4.78, 5) is 14.7. The Hall–Kier alpha value is -2.90. The molecular formula is C17H13Cl2N5O2. The van der Waals surface area contributed by atoms with Crippen LogP contribution in [0.2, 0.25) is 10.0 Å². The van der Waals surface area contributed by atoms with Gasteiger partial charge in [-0.15, -0.1) is 0 Å². The molecule has 0 unspecified atom stereocenters. The van der Waals surface area contributed by atoms with Crippen LogP contribution in [-0.4, -0.2) is 21.4 Å². The molecular weight excluding hydrogens is 377 g/mol. The average molecular weight is 390 g/mol. The highest BCUT2D eigenvalue weighted by atomic mass is 35.5. The van der Waals surface area contributed by atoms with Crippen LogP contribution < -0.4 is 15.9 Å². The second kappa shape index (κ2) is 8.46. The summed E-state index contributed by atoms with van der Waals surface area (Å²) in [7, 11) is 0. The smallest absolute Gasteiger partial charge is 0.363 e. The number of H-pyrrole nitrogens is 1. The number of benzene rings is 2. The molecule has 3 aromatic rings. The Bertz CT molecular complexity index is 973. The first-order valence-corrected chi connectivity index (χ1v) is 8.23. The third-order valence-corrected chi connectivity index (χ3v) is 3.84. The quantitative estimate of drug-likeness (QED) is 0.497. The van der Waals surface area contributed by atoms with Crippen molar-refractivity contribution in [3.63, 3.8) is 0 Å². The summed E-state index contributed by atoms with van der Waals surface area (Å²) in [6, 6.07) is 12.6. The highest BCUT2D eigenvalue weighted by Gasteiger charge is 2.02. The molecule has 132 valence electrons. The van der Waals surface area contributed by atoms with Crippen molar-refractivity contribution in [3.8, 4) is 5.75 Å². The van der Waals surface area contributed by atoms with Gasteiger partial charge in [-0.1, -0.05) is 29.3 Å². The molecule has 7 nitrogen and oxygen atoms in total. The molecule has 2 N–H and O–H groups in total. The Morgan fingerprint density at radius 2 is 2.00 bits per heavy atom. The Kier molecular flexibility index (Phi) is 5.83. The number of hydrogen-bond acceptors (Lipinski definition) is 6. The van der Waals surface area contributed by atoms with Crippen LogP contribution >= 0.6 is 23.2 Å². The van der Waals surface area contributed by atoms with E-state index in [1.54, 1.807) is 18.3 Å². The molecule has 0 bridgehead atoms. The standard InChI is InChI=1S/C17H13Cl2N5O2/c18-13-4-3-12(15(19)7-13)10-26-14-5-1-11(2-6-14)8-20-23-16-9-21-24-17(25)22-16/h1-9H,10H2,(H2,22,23,24,25)/b20-8+. The molecule has 26 heavy (non-hydrogen) atoms. The lowest BCUT2D eigenvalue weighted by atomic mass is 10.2. The largest absolute Gasteiger partial charge is 0.489 e. The number of halogens is 2. The van der Waals surface area contributed by atoms with Crippen molar-refractivity contribution in [2.24, 2.45) is 5.10 Å². The van der Waals surface area contributed by atoms with Crippen LogP contribution in [0.4, 0.5) is 5.82 Å². The fourth-order valence-electron chi connectivity index (χ4n) is 1.99. The summed E-state index contributed by atoms with van der Waals surface area (Å²) in [6.45, 7) is 0.340. The van der Waals surface area contributed by atoms with Crippen molar-refractivity contribution in [2.45, 2.75) is 6.61 Å². The zero-order chi connectivity index (χ0) is 18.4. The third-order valence-electron chi connectivity index (χ3n) is 3.25. The van der Waals surface area contributed by atoms with E-state index in [4.69, 9.17) is 27.9 Å². The van der Waals surface area contributed by atoms with Crippen molar-refractivity contribution in [1.82, 2.24) is 15.2 Å². The van der Waals surface area contributed by atoms with E-state index in [0.29, 0.717) is 22.4 Å². The monoisotopic (exact) mass is 389 g/mol. The highest BCUT2D eigenvalue weighted by molar-refractivity contribution is 6.35. The van der Waals surface area contributed by atoms with E-state index in [0.717, 1.165) is 11.1 Å². The van der Waals surface area contributed by atoms with E-state index in [2.05, 4.69) is 25.7 Å². The van der Waals surface area contributed by atoms with Gasteiger partial charge in [-0.3, -0.25) is 5.43 Å². The molecule has 0 aliphatic carbocycles. The lowest BCUT2D eigenvalue weighted by Gasteiger charge is -2.08. The summed E-state index contributed by atoms with van der Waals surface area (Å²) in [5.74, 6) is 0.950. The number of nitrogens with zero attached hydrogens (tertiary/aromatic N) is 3. The predicted molar refractivity (Wildman–Crippen MR) is 101 cm³/mol. The lowest BCUT2D eigenvalue weighted by Crippen LogP contribution is -2.13. The minimum atomic E-state index is -0.549. The number of aromatic nitrogens is 3. The first kappa shape index (κ1) is 17.9. The number of nitrogens with one attached hydrogen (secondary N) is 2. The van der Waals surface area contributed by atoms with Crippen molar-refractivity contribution in [3.05, 3.63) is 80.3 Å². The average Bonchev–Trinajstić information content (AvgIpc) is 2.62. The minimum Gasteiger partial charge on any atom is -0.489 e. The molecule has 0 saturated carbocycles. The molecule has 1 heterocycles. The van der Waals surface area contributed by atoms with Crippen LogP contribution in [0.5, 0.6) is 5.75 Å². The topological polar surface area (TPSA) is 92.3 Å². The number of anilines is 1. The van der Waals surface area contributed by atoms with Gasteiger partial charge in [0.15, 0.2) is 5.82 Å². The Morgan fingerprint density at radius 1 is 1.19 bits per heavy atom. The molecule has 0 aliphatic rings. The molecule has 0 atom stereocenters. The Labute approximate surface area is 158 Å². The first-order chi connectivity index (χ1) is 12.6. The van der Waals surface area contributed by atoms with Crippen molar-refractivity contribution in [1.29, 1.82) is 0 Å². The molecule has 0 radical (unpaired) electrons. The van der Waals surface area contributed by atoms with E-state index in [-0.39, 0.29) is 5.82 Å². The van der Waals surface area contributed by atoms with Gasteiger partial charge in [0.2, 0.25) is 0 Å². The number of hydrogen-bond donors (Lipinski definition) is 2. The summed E-state index contributed by atoms with van der Waals surface area (Å²) < 4.78 is 5.71. The molecule has 2 aromatic carbocycles. The van der Waals surface area contributed by atoms with Gasteiger partial charge in [-0.2, -0.15) is 15.2 Å². The second-order valence-corrected chi connectivity index (χ2v) is 5.98. The van der Waals surface area contributed by atoms with E-state index >= 15 is 0 Å². The van der Waals surface area contributed by atoms with Crippen LogP contribution in [0.15, 0.2) is 58.6 Å². The fourth-order valence-corrected chi connectivity index (χ4v) is 2.45. The number of aromatic amines is 1. The number of rotatable bonds is 6. The zero-order valence-corrected chi connectivity index (χ0v) is 14.8. The Balaban J connectivity index is 1.56. The number of hydrazone groups is 1.